The first-order chi connectivity index (χ1) is 11.6. The summed E-state index contributed by atoms with van der Waals surface area (Å²) in [5.41, 5.74) is 1.12. The van der Waals surface area contributed by atoms with E-state index in [0.717, 1.165) is 26.3 Å². The van der Waals surface area contributed by atoms with E-state index in [9.17, 15) is 9.18 Å². The molecule has 1 aromatic heterocycles. The van der Waals surface area contributed by atoms with Gasteiger partial charge in [0.2, 0.25) is 0 Å². The molecule has 6 nitrogen and oxygen atoms in total. The van der Waals surface area contributed by atoms with E-state index in [1.54, 1.807) is 23.0 Å². The van der Waals surface area contributed by atoms with Crippen LogP contribution in [0.1, 0.15) is 17.4 Å². The Kier molecular flexibility index (Phi) is 5.22. The molecule has 1 amide bonds. The molecule has 0 saturated carbocycles. The molecule has 3 rings (SSSR count). The fourth-order valence-corrected chi connectivity index (χ4v) is 2.75. The van der Waals surface area contributed by atoms with Crippen molar-refractivity contribution >= 4 is 5.91 Å². The molecule has 0 radical (unpaired) electrons. The van der Waals surface area contributed by atoms with Crippen molar-refractivity contribution < 1.29 is 13.9 Å². The van der Waals surface area contributed by atoms with Crippen molar-refractivity contribution in [2.45, 2.75) is 13.0 Å². The summed E-state index contributed by atoms with van der Waals surface area (Å²) in [7, 11) is 0. The molecule has 1 aliphatic heterocycles. The van der Waals surface area contributed by atoms with Crippen LogP contribution in [0.15, 0.2) is 36.8 Å². The van der Waals surface area contributed by atoms with Crippen molar-refractivity contribution in [3.8, 4) is 5.69 Å². The fourth-order valence-electron chi connectivity index (χ4n) is 2.75. The zero-order valence-corrected chi connectivity index (χ0v) is 13.6. The number of amides is 1. The summed E-state index contributed by atoms with van der Waals surface area (Å²) in [6.45, 7) is 5.86. The second-order valence-corrected chi connectivity index (χ2v) is 5.83. The van der Waals surface area contributed by atoms with Crippen molar-refractivity contribution in [2.24, 2.45) is 0 Å². The molecule has 1 fully saturated rings. The number of hydrogen-bond acceptors (Lipinski definition) is 4. The van der Waals surface area contributed by atoms with Crippen LogP contribution in [0.2, 0.25) is 0 Å². The van der Waals surface area contributed by atoms with E-state index >= 15 is 0 Å². The maximum atomic E-state index is 13.1. The first-order valence-electron chi connectivity index (χ1n) is 8.03. The molecule has 1 atom stereocenters. The van der Waals surface area contributed by atoms with Crippen molar-refractivity contribution in [2.75, 3.05) is 32.8 Å². The molecular formula is C17H21FN4O2. The lowest BCUT2D eigenvalue weighted by Gasteiger charge is -2.32. The Hall–Kier alpha value is -2.25. The minimum Gasteiger partial charge on any atom is -0.379 e. The number of carbonyl (C=O) groups is 1. The highest BCUT2D eigenvalue weighted by Gasteiger charge is 2.19. The Balaban J connectivity index is 1.63. The van der Waals surface area contributed by atoms with Gasteiger partial charge in [-0.15, -0.1) is 0 Å². The minimum atomic E-state index is -0.316. The number of nitrogens with one attached hydrogen (secondary N) is 1. The zero-order valence-electron chi connectivity index (χ0n) is 13.6. The third-order valence-electron chi connectivity index (χ3n) is 4.20. The predicted molar refractivity (Wildman–Crippen MR) is 87.7 cm³/mol. The van der Waals surface area contributed by atoms with Crippen molar-refractivity contribution in [3.63, 3.8) is 0 Å². The van der Waals surface area contributed by atoms with Crippen LogP contribution >= 0.6 is 0 Å². The molecule has 0 unspecified atom stereocenters. The van der Waals surface area contributed by atoms with E-state index < -0.39 is 0 Å². The molecule has 1 N–H and O–H groups in total. The van der Waals surface area contributed by atoms with Gasteiger partial charge in [-0.05, 0) is 31.2 Å². The van der Waals surface area contributed by atoms with Crippen molar-refractivity contribution in [3.05, 3.63) is 48.3 Å². The Morgan fingerprint density at radius 3 is 2.75 bits per heavy atom. The molecule has 0 spiro atoms. The van der Waals surface area contributed by atoms with Gasteiger partial charge in [-0.25, -0.2) is 9.37 Å². The summed E-state index contributed by atoms with van der Waals surface area (Å²) in [4.78, 5) is 18.8. The van der Waals surface area contributed by atoms with E-state index in [1.807, 2.05) is 0 Å². The van der Waals surface area contributed by atoms with Crippen LogP contribution < -0.4 is 5.32 Å². The third-order valence-corrected chi connectivity index (χ3v) is 4.20. The van der Waals surface area contributed by atoms with Crippen LogP contribution in [-0.4, -0.2) is 59.2 Å². The number of ether oxygens (including phenoxy) is 1. The summed E-state index contributed by atoms with van der Waals surface area (Å²) in [6, 6.07) is 6.18. The minimum absolute atomic E-state index is 0.197. The second-order valence-electron chi connectivity index (χ2n) is 5.83. The van der Waals surface area contributed by atoms with E-state index in [0.29, 0.717) is 17.9 Å². The Labute approximate surface area is 140 Å². The molecule has 1 aliphatic rings. The number of nitrogens with zero attached hydrogens (tertiary/aromatic N) is 3. The molecule has 1 saturated heterocycles. The normalized spacial score (nSPS) is 16.8. The molecular weight excluding hydrogens is 311 g/mol. The van der Waals surface area contributed by atoms with Crippen LogP contribution in [0, 0.1) is 5.82 Å². The highest BCUT2D eigenvalue weighted by atomic mass is 19.1. The SMILES string of the molecule is C[C@@H](CNC(=O)c1cncn1-c1ccc(F)cc1)N1CCOCC1. The van der Waals surface area contributed by atoms with Gasteiger partial charge in [0.25, 0.3) is 5.91 Å². The number of imidazole rings is 1. The lowest BCUT2D eigenvalue weighted by Crippen LogP contribution is -2.47. The van der Waals surface area contributed by atoms with E-state index in [1.165, 1.54) is 18.3 Å². The monoisotopic (exact) mass is 332 g/mol. The van der Waals surface area contributed by atoms with Crippen molar-refractivity contribution in [1.29, 1.82) is 0 Å². The van der Waals surface area contributed by atoms with Gasteiger partial charge in [0.05, 0.1) is 25.7 Å². The standard InChI is InChI=1S/C17H21FN4O2/c1-13(21-6-8-24-9-7-21)10-20-17(23)16-11-19-12-22(16)15-4-2-14(18)3-5-15/h2-5,11-13H,6-10H2,1H3,(H,20,23)/t13-/m0/s1. The first kappa shape index (κ1) is 16.6. The predicted octanol–water partition coefficient (Wildman–Crippen LogP) is 1.46. The van der Waals surface area contributed by atoms with Gasteiger partial charge >= 0.3 is 0 Å². The number of carbonyl (C=O) groups excluding carboxylic acids is 1. The molecule has 2 heterocycles. The van der Waals surface area contributed by atoms with Gasteiger partial charge in [0.1, 0.15) is 11.5 Å². The quantitative estimate of drug-likeness (QED) is 0.901. The number of morpholine rings is 1. The Morgan fingerprint density at radius 1 is 1.33 bits per heavy atom. The van der Waals surface area contributed by atoms with Gasteiger partial charge in [-0.1, -0.05) is 0 Å². The maximum Gasteiger partial charge on any atom is 0.269 e. The van der Waals surface area contributed by atoms with Crippen LogP contribution in [0.5, 0.6) is 0 Å². The molecule has 1 aromatic carbocycles. The van der Waals surface area contributed by atoms with Gasteiger partial charge in [-0.2, -0.15) is 0 Å². The number of rotatable bonds is 5. The third kappa shape index (κ3) is 3.80. The fraction of sp³-hybridized carbons (Fsp3) is 0.412. The molecule has 0 aliphatic carbocycles. The molecule has 7 heteroatoms. The summed E-state index contributed by atoms with van der Waals surface area (Å²) in [5, 5.41) is 2.95. The van der Waals surface area contributed by atoms with Crippen LogP contribution in [0.4, 0.5) is 4.39 Å². The molecule has 0 bridgehead atoms. The Morgan fingerprint density at radius 2 is 2.04 bits per heavy atom. The topological polar surface area (TPSA) is 59.4 Å². The lowest BCUT2D eigenvalue weighted by molar-refractivity contribution is 0.0204. The van der Waals surface area contributed by atoms with Gasteiger partial charge < -0.3 is 10.1 Å². The molecule has 128 valence electrons. The number of hydrogen-bond donors (Lipinski definition) is 1. The van der Waals surface area contributed by atoms with E-state index in [2.05, 4.69) is 22.1 Å². The number of aromatic nitrogens is 2. The Bertz CT molecular complexity index is 680. The van der Waals surface area contributed by atoms with Crippen LogP contribution in [-0.2, 0) is 4.74 Å². The van der Waals surface area contributed by atoms with Crippen molar-refractivity contribution in [1.82, 2.24) is 19.8 Å². The second kappa shape index (κ2) is 7.55. The average molecular weight is 332 g/mol. The smallest absolute Gasteiger partial charge is 0.269 e. The molecule has 2 aromatic rings. The van der Waals surface area contributed by atoms with Crippen LogP contribution in [0.25, 0.3) is 5.69 Å². The lowest BCUT2D eigenvalue weighted by atomic mass is 10.2. The highest BCUT2D eigenvalue weighted by Crippen LogP contribution is 2.12. The largest absolute Gasteiger partial charge is 0.379 e. The summed E-state index contributed by atoms with van der Waals surface area (Å²) >= 11 is 0. The number of halogens is 1. The van der Waals surface area contributed by atoms with E-state index in [4.69, 9.17) is 4.74 Å². The van der Waals surface area contributed by atoms with Gasteiger partial charge in [-0.3, -0.25) is 14.3 Å². The van der Waals surface area contributed by atoms with E-state index in [-0.39, 0.29) is 17.8 Å². The highest BCUT2D eigenvalue weighted by molar-refractivity contribution is 5.93. The molecule has 24 heavy (non-hydrogen) atoms. The van der Waals surface area contributed by atoms with Crippen LogP contribution in [0.3, 0.4) is 0 Å². The zero-order chi connectivity index (χ0) is 16.9. The summed E-state index contributed by atoms with van der Waals surface area (Å²) < 4.78 is 20.0. The first-order valence-corrected chi connectivity index (χ1v) is 8.03. The summed E-state index contributed by atoms with van der Waals surface area (Å²) in [5.74, 6) is -0.513. The maximum absolute atomic E-state index is 13.1. The number of benzene rings is 1. The average Bonchev–Trinajstić information content (AvgIpc) is 3.10. The van der Waals surface area contributed by atoms with Gasteiger partial charge in [0.15, 0.2) is 0 Å². The summed E-state index contributed by atoms with van der Waals surface area (Å²) in [6.07, 6.45) is 3.06. The van der Waals surface area contributed by atoms with Gasteiger partial charge in [0, 0.05) is 31.4 Å².